The second kappa shape index (κ2) is 7.58. The zero-order chi connectivity index (χ0) is 16.0. The lowest BCUT2D eigenvalue weighted by atomic mass is 10.1. The van der Waals surface area contributed by atoms with Gasteiger partial charge in [0.2, 0.25) is 0 Å². The second-order valence-corrected chi connectivity index (χ2v) is 4.71. The Labute approximate surface area is 123 Å². The van der Waals surface area contributed by atoms with E-state index >= 15 is 0 Å². The van der Waals surface area contributed by atoms with Crippen molar-refractivity contribution in [2.75, 3.05) is 6.54 Å². The summed E-state index contributed by atoms with van der Waals surface area (Å²) < 4.78 is 5.51. The lowest BCUT2D eigenvalue weighted by molar-refractivity contribution is -0.385. The van der Waals surface area contributed by atoms with Crippen molar-refractivity contribution in [3.05, 3.63) is 33.9 Å². The van der Waals surface area contributed by atoms with Gasteiger partial charge in [0, 0.05) is 24.2 Å². The van der Waals surface area contributed by atoms with Crippen molar-refractivity contribution in [3.63, 3.8) is 0 Å². The topological polar surface area (TPSA) is 102 Å². The number of ether oxygens (including phenoxy) is 1. The molecule has 0 aliphatic heterocycles. The third kappa shape index (κ3) is 4.71. The van der Waals surface area contributed by atoms with Crippen LogP contribution in [-0.2, 0) is 4.79 Å². The van der Waals surface area contributed by atoms with Crippen molar-refractivity contribution in [1.29, 1.82) is 0 Å². The number of hydrogen-bond donors (Lipinski definition) is 2. The lowest BCUT2D eigenvalue weighted by Gasteiger charge is -2.18. The maximum Gasteiger partial charge on any atom is 0.270 e. The van der Waals surface area contributed by atoms with Gasteiger partial charge in [0.05, 0.1) is 11.0 Å². The SMILES string of the molecule is CCCNC(=O)C(C)Oc1ccc([N+](=O)[O-])cc1[C@H](C)O. The highest BCUT2D eigenvalue weighted by Crippen LogP contribution is 2.30. The van der Waals surface area contributed by atoms with Crippen molar-refractivity contribution in [2.24, 2.45) is 0 Å². The summed E-state index contributed by atoms with van der Waals surface area (Å²) in [6.45, 7) is 5.55. The molecule has 7 nitrogen and oxygen atoms in total. The molecule has 2 N–H and O–H groups in total. The monoisotopic (exact) mass is 296 g/mol. The van der Waals surface area contributed by atoms with E-state index in [4.69, 9.17) is 4.74 Å². The summed E-state index contributed by atoms with van der Waals surface area (Å²) in [7, 11) is 0. The minimum absolute atomic E-state index is 0.138. The number of aliphatic hydroxyl groups excluding tert-OH is 1. The van der Waals surface area contributed by atoms with E-state index in [0.717, 1.165) is 6.42 Å². The Kier molecular flexibility index (Phi) is 6.10. The third-order valence-corrected chi connectivity index (χ3v) is 2.88. The highest BCUT2D eigenvalue weighted by Gasteiger charge is 2.20. The van der Waals surface area contributed by atoms with Crippen LogP contribution >= 0.6 is 0 Å². The van der Waals surface area contributed by atoms with Crippen LogP contribution in [0.3, 0.4) is 0 Å². The molecular weight excluding hydrogens is 276 g/mol. The van der Waals surface area contributed by atoms with Gasteiger partial charge in [0.1, 0.15) is 5.75 Å². The number of amides is 1. The molecule has 1 aromatic rings. The average molecular weight is 296 g/mol. The van der Waals surface area contributed by atoms with E-state index < -0.39 is 17.1 Å². The van der Waals surface area contributed by atoms with E-state index in [2.05, 4.69) is 5.32 Å². The quantitative estimate of drug-likeness (QED) is 0.591. The van der Waals surface area contributed by atoms with Crippen LogP contribution in [0.5, 0.6) is 5.75 Å². The molecule has 2 atom stereocenters. The number of hydrogen-bond acceptors (Lipinski definition) is 5. The summed E-state index contributed by atoms with van der Waals surface area (Å²) in [5.41, 5.74) is 0.140. The first kappa shape index (κ1) is 16.9. The molecule has 0 saturated carbocycles. The van der Waals surface area contributed by atoms with Crippen LogP contribution in [0.2, 0.25) is 0 Å². The van der Waals surface area contributed by atoms with Gasteiger partial charge in [-0.2, -0.15) is 0 Å². The molecule has 0 aliphatic carbocycles. The molecule has 0 heterocycles. The number of carbonyl (C=O) groups excluding carboxylic acids is 1. The minimum atomic E-state index is -0.939. The number of aliphatic hydroxyl groups is 1. The lowest BCUT2D eigenvalue weighted by Crippen LogP contribution is -2.36. The second-order valence-electron chi connectivity index (χ2n) is 4.71. The van der Waals surface area contributed by atoms with Crippen molar-refractivity contribution >= 4 is 11.6 Å². The van der Waals surface area contributed by atoms with Crippen LogP contribution in [0.4, 0.5) is 5.69 Å². The highest BCUT2D eigenvalue weighted by atomic mass is 16.6. The van der Waals surface area contributed by atoms with Gasteiger partial charge in [0.15, 0.2) is 6.10 Å². The maximum absolute atomic E-state index is 11.8. The van der Waals surface area contributed by atoms with Gasteiger partial charge in [-0.3, -0.25) is 14.9 Å². The highest BCUT2D eigenvalue weighted by molar-refractivity contribution is 5.80. The number of carbonyl (C=O) groups is 1. The first-order valence-electron chi connectivity index (χ1n) is 6.77. The molecule has 0 radical (unpaired) electrons. The Bertz CT molecular complexity index is 516. The predicted octanol–water partition coefficient (Wildman–Crippen LogP) is 1.94. The largest absolute Gasteiger partial charge is 0.481 e. The standard InChI is InChI=1S/C14H20N2O5/c1-4-7-15-14(18)10(3)21-13-6-5-11(16(19)20)8-12(13)9(2)17/h5-6,8-10,17H,4,7H2,1-3H3,(H,15,18)/t9-,10?/m0/s1. The summed E-state index contributed by atoms with van der Waals surface area (Å²) in [5, 5.41) is 23.2. The van der Waals surface area contributed by atoms with Gasteiger partial charge in [-0.25, -0.2) is 0 Å². The number of rotatable bonds is 7. The first-order chi connectivity index (χ1) is 9.86. The summed E-state index contributed by atoms with van der Waals surface area (Å²) in [5.74, 6) is -0.0125. The summed E-state index contributed by atoms with van der Waals surface area (Å²) in [6.07, 6.45) is -0.879. The van der Waals surface area contributed by atoms with Gasteiger partial charge in [-0.1, -0.05) is 6.92 Å². The van der Waals surface area contributed by atoms with E-state index in [1.54, 1.807) is 6.92 Å². The van der Waals surface area contributed by atoms with Crippen LogP contribution in [0.1, 0.15) is 38.9 Å². The zero-order valence-electron chi connectivity index (χ0n) is 12.3. The molecule has 0 aromatic heterocycles. The number of nitrogens with zero attached hydrogens (tertiary/aromatic N) is 1. The number of nitrogens with one attached hydrogen (secondary N) is 1. The van der Waals surface area contributed by atoms with Crippen molar-refractivity contribution in [3.8, 4) is 5.75 Å². The Morgan fingerprint density at radius 1 is 1.48 bits per heavy atom. The van der Waals surface area contributed by atoms with Gasteiger partial charge >= 0.3 is 0 Å². The molecule has 0 fully saturated rings. The number of benzene rings is 1. The van der Waals surface area contributed by atoms with Crippen molar-refractivity contribution in [1.82, 2.24) is 5.32 Å². The molecule has 0 spiro atoms. The third-order valence-electron chi connectivity index (χ3n) is 2.88. The molecule has 1 unspecified atom stereocenters. The Balaban J connectivity index is 2.92. The predicted molar refractivity (Wildman–Crippen MR) is 77.1 cm³/mol. The summed E-state index contributed by atoms with van der Waals surface area (Å²) in [6, 6.07) is 3.92. The zero-order valence-corrected chi connectivity index (χ0v) is 12.3. The van der Waals surface area contributed by atoms with Gasteiger partial charge in [0.25, 0.3) is 11.6 Å². The van der Waals surface area contributed by atoms with Gasteiger partial charge in [-0.15, -0.1) is 0 Å². The molecule has 116 valence electrons. The van der Waals surface area contributed by atoms with Crippen LogP contribution in [0, 0.1) is 10.1 Å². The molecule has 7 heteroatoms. The van der Waals surface area contributed by atoms with Crippen molar-refractivity contribution < 1.29 is 19.6 Å². The smallest absolute Gasteiger partial charge is 0.270 e. The average Bonchev–Trinajstić information content (AvgIpc) is 2.44. The van der Waals surface area contributed by atoms with E-state index in [-0.39, 0.29) is 22.9 Å². The van der Waals surface area contributed by atoms with E-state index in [1.165, 1.54) is 25.1 Å². The van der Waals surface area contributed by atoms with Crippen molar-refractivity contribution in [2.45, 2.75) is 39.4 Å². The van der Waals surface area contributed by atoms with E-state index in [1.807, 2.05) is 6.92 Å². The van der Waals surface area contributed by atoms with E-state index in [0.29, 0.717) is 6.54 Å². The fourth-order valence-electron chi connectivity index (χ4n) is 1.72. The van der Waals surface area contributed by atoms with Crippen LogP contribution in [-0.4, -0.2) is 28.6 Å². The van der Waals surface area contributed by atoms with Gasteiger partial charge in [-0.05, 0) is 26.3 Å². The van der Waals surface area contributed by atoms with E-state index in [9.17, 15) is 20.0 Å². The first-order valence-corrected chi connectivity index (χ1v) is 6.77. The minimum Gasteiger partial charge on any atom is -0.481 e. The molecule has 1 aromatic carbocycles. The van der Waals surface area contributed by atoms with Crippen LogP contribution < -0.4 is 10.1 Å². The Morgan fingerprint density at radius 2 is 2.14 bits per heavy atom. The molecule has 21 heavy (non-hydrogen) atoms. The normalized spacial score (nSPS) is 13.3. The number of nitro groups is 1. The molecule has 0 aliphatic rings. The maximum atomic E-state index is 11.8. The molecular formula is C14H20N2O5. The molecule has 1 rings (SSSR count). The summed E-state index contributed by atoms with van der Waals surface area (Å²) >= 11 is 0. The fraction of sp³-hybridized carbons (Fsp3) is 0.500. The van der Waals surface area contributed by atoms with Crippen LogP contribution in [0.25, 0.3) is 0 Å². The number of nitro benzene ring substituents is 1. The fourth-order valence-corrected chi connectivity index (χ4v) is 1.72. The molecule has 1 amide bonds. The van der Waals surface area contributed by atoms with Crippen LogP contribution in [0.15, 0.2) is 18.2 Å². The number of non-ortho nitro benzene ring substituents is 1. The van der Waals surface area contributed by atoms with Gasteiger partial charge < -0.3 is 15.2 Å². The summed E-state index contributed by atoms with van der Waals surface area (Å²) in [4.78, 5) is 22.0. The molecule has 0 saturated heterocycles. The Morgan fingerprint density at radius 3 is 2.67 bits per heavy atom. The molecule has 0 bridgehead atoms. The Hall–Kier alpha value is -2.15.